The van der Waals surface area contributed by atoms with E-state index in [1.807, 2.05) is 16.8 Å². The number of hydrogen-bond donors (Lipinski definition) is 1. The first-order valence-electron chi connectivity index (χ1n) is 7.55. The third kappa shape index (κ3) is 4.80. The topological polar surface area (TPSA) is 41.6 Å². The molecule has 0 bridgehead atoms. The first-order valence-corrected chi connectivity index (χ1v) is 8.49. The monoisotopic (exact) mass is 310 g/mol. The molecule has 2 unspecified atom stereocenters. The summed E-state index contributed by atoms with van der Waals surface area (Å²) in [5.74, 6) is 0.0934. The van der Waals surface area contributed by atoms with E-state index in [-0.39, 0.29) is 23.7 Å². The van der Waals surface area contributed by atoms with E-state index in [1.54, 1.807) is 11.3 Å². The van der Waals surface area contributed by atoms with Gasteiger partial charge in [0.15, 0.2) is 0 Å². The molecule has 1 amide bonds. The van der Waals surface area contributed by atoms with E-state index in [9.17, 15) is 4.79 Å². The van der Waals surface area contributed by atoms with Gasteiger partial charge >= 0.3 is 0 Å². The van der Waals surface area contributed by atoms with Crippen molar-refractivity contribution in [3.8, 4) is 0 Å². The van der Waals surface area contributed by atoms with Crippen LogP contribution in [-0.4, -0.2) is 48.2 Å². The summed E-state index contributed by atoms with van der Waals surface area (Å²) in [6, 6.07) is 2.00. The van der Waals surface area contributed by atoms with Crippen molar-refractivity contribution in [1.29, 1.82) is 0 Å². The smallest absolute Gasteiger partial charge is 0.224 e. The first kappa shape index (κ1) is 16.5. The number of amides is 1. The predicted octanol–water partition coefficient (Wildman–Crippen LogP) is 2.29. The molecule has 1 aliphatic rings. The lowest BCUT2D eigenvalue weighted by atomic mass is 10.00. The molecule has 1 aromatic rings. The summed E-state index contributed by atoms with van der Waals surface area (Å²) >= 11 is 1.63. The Labute approximate surface area is 131 Å². The average molecular weight is 310 g/mol. The summed E-state index contributed by atoms with van der Waals surface area (Å²) in [5, 5.41) is 7.10. The van der Waals surface area contributed by atoms with Gasteiger partial charge in [0.2, 0.25) is 5.91 Å². The largest absolute Gasteiger partial charge is 0.373 e. The predicted molar refractivity (Wildman–Crippen MR) is 86.7 cm³/mol. The summed E-state index contributed by atoms with van der Waals surface area (Å²) in [7, 11) is 0. The van der Waals surface area contributed by atoms with Crippen molar-refractivity contribution in [1.82, 2.24) is 10.2 Å². The molecule has 1 N–H and O–H groups in total. The molecule has 2 heterocycles. The van der Waals surface area contributed by atoms with Gasteiger partial charge in [0.25, 0.3) is 0 Å². The number of morpholine rings is 1. The molecule has 1 fully saturated rings. The Morgan fingerprint density at radius 2 is 2.10 bits per heavy atom. The van der Waals surface area contributed by atoms with Crippen molar-refractivity contribution < 1.29 is 9.53 Å². The Hall–Kier alpha value is -0.910. The number of thiophene rings is 1. The molecule has 1 aromatic heterocycles. The van der Waals surface area contributed by atoms with E-state index in [0.29, 0.717) is 13.0 Å². The van der Waals surface area contributed by atoms with E-state index < -0.39 is 0 Å². The van der Waals surface area contributed by atoms with Crippen LogP contribution in [0.1, 0.15) is 33.3 Å². The molecule has 118 valence electrons. The van der Waals surface area contributed by atoms with E-state index in [0.717, 1.165) is 18.7 Å². The Balaban J connectivity index is 1.84. The van der Waals surface area contributed by atoms with Crippen LogP contribution in [0.4, 0.5) is 0 Å². The Morgan fingerprint density at radius 1 is 1.43 bits per heavy atom. The van der Waals surface area contributed by atoms with E-state index in [4.69, 9.17) is 4.74 Å². The maximum Gasteiger partial charge on any atom is 0.224 e. The van der Waals surface area contributed by atoms with Gasteiger partial charge in [0.05, 0.1) is 18.6 Å². The van der Waals surface area contributed by atoms with Crippen LogP contribution in [0.5, 0.6) is 0 Å². The molecule has 4 nitrogen and oxygen atoms in total. The van der Waals surface area contributed by atoms with E-state index in [1.165, 1.54) is 0 Å². The maximum atomic E-state index is 12.0. The second-order valence-electron chi connectivity index (χ2n) is 6.56. The molecule has 2 atom stereocenters. The number of rotatable bonds is 5. The average Bonchev–Trinajstić information content (AvgIpc) is 2.88. The SMILES string of the molecule is CC1CN(C(C)(C)CNC(=O)Cc2ccsc2)CC(C)O1. The van der Waals surface area contributed by atoms with Gasteiger partial charge in [-0.25, -0.2) is 0 Å². The minimum Gasteiger partial charge on any atom is -0.373 e. The molecule has 0 saturated carbocycles. The molecule has 5 heteroatoms. The highest BCUT2D eigenvalue weighted by atomic mass is 32.1. The molecular formula is C16H26N2O2S. The van der Waals surface area contributed by atoms with Gasteiger partial charge in [-0.05, 0) is 50.1 Å². The van der Waals surface area contributed by atoms with Gasteiger partial charge in [-0.2, -0.15) is 11.3 Å². The van der Waals surface area contributed by atoms with Gasteiger partial charge in [-0.3, -0.25) is 9.69 Å². The van der Waals surface area contributed by atoms with Crippen LogP contribution >= 0.6 is 11.3 Å². The van der Waals surface area contributed by atoms with Crippen LogP contribution in [0.25, 0.3) is 0 Å². The van der Waals surface area contributed by atoms with Crippen LogP contribution in [0, 0.1) is 0 Å². The third-order valence-electron chi connectivity index (χ3n) is 3.94. The molecule has 0 spiro atoms. The van der Waals surface area contributed by atoms with Crippen LogP contribution in [-0.2, 0) is 16.0 Å². The molecule has 0 aromatic carbocycles. The highest BCUT2D eigenvalue weighted by Crippen LogP contribution is 2.20. The minimum absolute atomic E-state index is 0.0589. The Morgan fingerprint density at radius 3 is 2.67 bits per heavy atom. The standard InChI is InChI=1S/C16H26N2O2S/c1-12-8-18(9-13(2)20-12)16(3,4)11-17-15(19)7-14-5-6-21-10-14/h5-6,10,12-13H,7-9,11H2,1-4H3,(H,17,19). The van der Waals surface area contributed by atoms with Crippen molar-refractivity contribution in [3.05, 3.63) is 22.4 Å². The Kier molecular flexibility index (Phi) is 5.41. The molecular weight excluding hydrogens is 284 g/mol. The highest BCUT2D eigenvalue weighted by Gasteiger charge is 2.33. The first-order chi connectivity index (χ1) is 9.87. The molecule has 1 aliphatic heterocycles. The summed E-state index contributed by atoms with van der Waals surface area (Å²) in [5.41, 5.74) is 1.03. The maximum absolute atomic E-state index is 12.0. The number of carbonyl (C=O) groups is 1. The molecule has 0 radical (unpaired) electrons. The lowest BCUT2D eigenvalue weighted by molar-refractivity contribution is -0.122. The molecule has 1 saturated heterocycles. The van der Waals surface area contributed by atoms with Crippen LogP contribution in [0.15, 0.2) is 16.8 Å². The van der Waals surface area contributed by atoms with Gasteiger partial charge in [0, 0.05) is 25.2 Å². The van der Waals surface area contributed by atoms with Gasteiger partial charge in [-0.15, -0.1) is 0 Å². The van der Waals surface area contributed by atoms with Crippen LogP contribution < -0.4 is 5.32 Å². The highest BCUT2D eigenvalue weighted by molar-refractivity contribution is 7.07. The lowest BCUT2D eigenvalue weighted by Gasteiger charge is -2.45. The van der Waals surface area contributed by atoms with Gasteiger partial charge < -0.3 is 10.1 Å². The van der Waals surface area contributed by atoms with Crippen LogP contribution in [0.2, 0.25) is 0 Å². The Bertz CT molecular complexity index is 449. The van der Waals surface area contributed by atoms with Crippen molar-refractivity contribution in [2.24, 2.45) is 0 Å². The van der Waals surface area contributed by atoms with Crippen LogP contribution in [0.3, 0.4) is 0 Å². The second kappa shape index (κ2) is 6.90. The fourth-order valence-electron chi connectivity index (χ4n) is 2.74. The summed E-state index contributed by atoms with van der Waals surface area (Å²) in [6.07, 6.45) is 0.958. The van der Waals surface area contributed by atoms with E-state index >= 15 is 0 Å². The molecule has 0 aliphatic carbocycles. The number of ether oxygens (including phenoxy) is 1. The summed E-state index contributed by atoms with van der Waals surface area (Å²) in [6.45, 7) is 11.1. The zero-order valence-corrected chi connectivity index (χ0v) is 14.2. The van der Waals surface area contributed by atoms with Crippen molar-refractivity contribution in [2.45, 2.75) is 51.9 Å². The molecule has 21 heavy (non-hydrogen) atoms. The molecule has 2 rings (SSSR count). The number of hydrogen-bond acceptors (Lipinski definition) is 4. The second-order valence-corrected chi connectivity index (χ2v) is 7.34. The van der Waals surface area contributed by atoms with Crippen molar-refractivity contribution in [3.63, 3.8) is 0 Å². The zero-order chi connectivity index (χ0) is 15.5. The van der Waals surface area contributed by atoms with Crippen molar-refractivity contribution in [2.75, 3.05) is 19.6 Å². The number of nitrogens with one attached hydrogen (secondary N) is 1. The number of nitrogens with zero attached hydrogens (tertiary/aromatic N) is 1. The normalized spacial score (nSPS) is 24.0. The fourth-order valence-corrected chi connectivity index (χ4v) is 3.41. The third-order valence-corrected chi connectivity index (χ3v) is 4.67. The quantitative estimate of drug-likeness (QED) is 0.907. The van der Waals surface area contributed by atoms with Gasteiger partial charge in [0.1, 0.15) is 0 Å². The fraction of sp³-hybridized carbons (Fsp3) is 0.688. The summed E-state index contributed by atoms with van der Waals surface area (Å²) < 4.78 is 5.78. The van der Waals surface area contributed by atoms with Crippen molar-refractivity contribution >= 4 is 17.2 Å². The number of carbonyl (C=O) groups excluding carboxylic acids is 1. The minimum atomic E-state index is -0.0589. The zero-order valence-electron chi connectivity index (χ0n) is 13.4. The lowest BCUT2D eigenvalue weighted by Crippen LogP contribution is -2.58. The summed E-state index contributed by atoms with van der Waals surface area (Å²) in [4.78, 5) is 14.4. The van der Waals surface area contributed by atoms with Gasteiger partial charge in [-0.1, -0.05) is 0 Å². The van der Waals surface area contributed by atoms with E-state index in [2.05, 4.69) is 37.9 Å².